The lowest BCUT2D eigenvalue weighted by atomic mass is 10.1. The van der Waals surface area contributed by atoms with Crippen LogP contribution in [0.25, 0.3) is 11.6 Å². The fourth-order valence-corrected chi connectivity index (χ4v) is 3.07. The second kappa shape index (κ2) is 8.27. The lowest BCUT2D eigenvalue weighted by Gasteiger charge is -2.10. The molecule has 1 aliphatic rings. The zero-order valence-corrected chi connectivity index (χ0v) is 16.6. The van der Waals surface area contributed by atoms with Crippen molar-refractivity contribution in [1.82, 2.24) is 15.2 Å². The van der Waals surface area contributed by atoms with Crippen molar-refractivity contribution in [1.29, 1.82) is 0 Å². The topological polar surface area (TPSA) is 91.9 Å². The number of nitrogens with zero attached hydrogens (tertiary/aromatic N) is 4. The summed E-state index contributed by atoms with van der Waals surface area (Å²) in [6, 6.07) is 20.9. The van der Waals surface area contributed by atoms with Gasteiger partial charge in [0.15, 0.2) is 6.10 Å². The second-order valence-corrected chi connectivity index (χ2v) is 6.87. The van der Waals surface area contributed by atoms with Gasteiger partial charge in [0.05, 0.1) is 12.6 Å². The highest BCUT2D eigenvalue weighted by Crippen LogP contribution is 2.30. The Kier molecular flexibility index (Phi) is 5.02. The van der Waals surface area contributed by atoms with E-state index < -0.39 is 0 Å². The van der Waals surface area contributed by atoms with Gasteiger partial charge in [-0.25, -0.2) is 4.98 Å². The van der Waals surface area contributed by atoms with Crippen molar-refractivity contribution in [3.8, 4) is 28.8 Å². The number of aromatic nitrogens is 3. The minimum atomic E-state index is -0.214. The second-order valence-electron chi connectivity index (χ2n) is 6.87. The minimum Gasteiger partial charge on any atom is -0.457 e. The maximum atomic E-state index is 5.82. The number of benzene rings is 2. The summed E-state index contributed by atoms with van der Waals surface area (Å²) in [5.41, 5.74) is 1.57. The number of para-hydroxylation sites is 1. The molecule has 1 atom stereocenters. The first-order chi connectivity index (χ1) is 15.2. The van der Waals surface area contributed by atoms with Gasteiger partial charge >= 0.3 is 0 Å². The molecule has 0 saturated carbocycles. The van der Waals surface area contributed by atoms with Crippen molar-refractivity contribution in [2.45, 2.75) is 19.4 Å². The van der Waals surface area contributed by atoms with Gasteiger partial charge in [-0.3, -0.25) is 0 Å². The van der Waals surface area contributed by atoms with Gasteiger partial charge in [-0.05, 0) is 42.0 Å². The van der Waals surface area contributed by atoms with Crippen molar-refractivity contribution >= 4 is 5.90 Å². The van der Waals surface area contributed by atoms with Crippen LogP contribution in [0.1, 0.15) is 24.0 Å². The number of oxime groups is 1. The van der Waals surface area contributed by atoms with E-state index in [0.29, 0.717) is 35.5 Å². The monoisotopic (exact) mass is 414 g/mol. The van der Waals surface area contributed by atoms with Crippen LogP contribution in [-0.4, -0.2) is 21.1 Å². The van der Waals surface area contributed by atoms with Gasteiger partial charge in [0.1, 0.15) is 22.9 Å². The Morgan fingerprint density at radius 3 is 2.32 bits per heavy atom. The summed E-state index contributed by atoms with van der Waals surface area (Å²) in [5, 5.41) is 11.8. The number of rotatable bonds is 5. The van der Waals surface area contributed by atoms with Crippen molar-refractivity contribution < 1.29 is 18.7 Å². The van der Waals surface area contributed by atoms with Crippen molar-refractivity contribution in [2.24, 2.45) is 5.16 Å². The molecule has 0 bridgehead atoms. The molecule has 8 nitrogen and oxygen atoms in total. The van der Waals surface area contributed by atoms with Crippen LogP contribution in [0, 0.1) is 6.92 Å². The molecule has 5 rings (SSSR count). The van der Waals surface area contributed by atoms with Crippen molar-refractivity contribution in [3.05, 3.63) is 84.4 Å². The minimum absolute atomic E-state index is 0.214. The Hall–Kier alpha value is -4.20. The molecule has 8 heteroatoms. The standard InChI is InChI=1S/C23H18N4O4/c1-15-25-26-23(28-15)20-12-11-19(14-24-20)30-22-13-21(31-27-22)16-7-9-18(10-8-16)29-17-5-3-2-4-6-17/h2-12,14,21H,13H2,1H3/t21-/m0/s1. The first-order valence-electron chi connectivity index (χ1n) is 9.73. The zero-order valence-electron chi connectivity index (χ0n) is 16.6. The van der Waals surface area contributed by atoms with E-state index in [1.54, 1.807) is 25.3 Å². The van der Waals surface area contributed by atoms with Gasteiger partial charge in [-0.2, -0.15) is 0 Å². The summed E-state index contributed by atoms with van der Waals surface area (Å²) >= 11 is 0. The van der Waals surface area contributed by atoms with Crippen molar-refractivity contribution in [3.63, 3.8) is 0 Å². The Labute approximate surface area is 178 Å². The van der Waals surface area contributed by atoms with E-state index in [4.69, 9.17) is 18.7 Å². The van der Waals surface area contributed by atoms with Gasteiger partial charge in [-0.15, -0.1) is 10.2 Å². The highest BCUT2D eigenvalue weighted by molar-refractivity contribution is 5.79. The van der Waals surface area contributed by atoms with Crippen LogP contribution in [0.4, 0.5) is 0 Å². The molecule has 154 valence electrons. The lowest BCUT2D eigenvalue weighted by molar-refractivity contribution is 0.0855. The van der Waals surface area contributed by atoms with Gasteiger partial charge < -0.3 is 18.7 Å². The SMILES string of the molecule is Cc1nnc(-c2ccc(OC3=NO[C@H](c4ccc(Oc5ccccc5)cc4)C3)cn2)o1. The zero-order chi connectivity index (χ0) is 21.0. The van der Waals surface area contributed by atoms with Crippen LogP contribution in [0.5, 0.6) is 17.2 Å². The number of ether oxygens (including phenoxy) is 2. The number of hydrogen-bond acceptors (Lipinski definition) is 8. The number of aryl methyl sites for hydroxylation is 1. The van der Waals surface area contributed by atoms with E-state index in [1.165, 1.54) is 0 Å². The number of pyridine rings is 1. The molecule has 31 heavy (non-hydrogen) atoms. The van der Waals surface area contributed by atoms with E-state index in [-0.39, 0.29) is 6.10 Å². The Balaban J connectivity index is 1.18. The molecule has 2 aromatic heterocycles. The smallest absolute Gasteiger partial charge is 0.266 e. The fraction of sp³-hybridized carbons (Fsp3) is 0.130. The highest BCUT2D eigenvalue weighted by Gasteiger charge is 2.24. The molecular weight excluding hydrogens is 396 g/mol. The van der Waals surface area contributed by atoms with E-state index in [1.807, 2.05) is 54.6 Å². The Bertz CT molecular complexity index is 1190. The lowest BCUT2D eigenvalue weighted by Crippen LogP contribution is -2.07. The summed E-state index contributed by atoms with van der Waals surface area (Å²) < 4.78 is 17.0. The normalized spacial score (nSPS) is 15.3. The quantitative estimate of drug-likeness (QED) is 0.449. The van der Waals surface area contributed by atoms with E-state index in [2.05, 4.69) is 20.3 Å². The molecule has 0 saturated heterocycles. The average molecular weight is 414 g/mol. The summed E-state index contributed by atoms with van der Waals surface area (Å²) in [4.78, 5) is 9.84. The third-order valence-corrected chi connectivity index (χ3v) is 4.59. The first kappa shape index (κ1) is 18.8. The molecule has 1 aliphatic heterocycles. The summed E-state index contributed by atoms with van der Waals surface area (Å²) in [5.74, 6) is 3.44. The molecular formula is C23H18N4O4. The molecule has 0 unspecified atom stereocenters. The predicted octanol–water partition coefficient (Wildman–Crippen LogP) is 5.09. The molecule has 0 N–H and O–H groups in total. The summed E-state index contributed by atoms with van der Waals surface area (Å²) in [6.45, 7) is 1.73. The third kappa shape index (κ3) is 4.37. The third-order valence-electron chi connectivity index (χ3n) is 4.59. The maximum Gasteiger partial charge on any atom is 0.266 e. The average Bonchev–Trinajstić information content (AvgIpc) is 3.45. The van der Waals surface area contributed by atoms with Gasteiger partial charge in [0, 0.05) is 6.92 Å². The molecule has 0 aliphatic carbocycles. The van der Waals surface area contributed by atoms with Crippen LogP contribution < -0.4 is 9.47 Å². The maximum absolute atomic E-state index is 5.82. The van der Waals surface area contributed by atoms with E-state index in [0.717, 1.165) is 17.1 Å². The molecule has 3 heterocycles. The Morgan fingerprint density at radius 2 is 1.61 bits per heavy atom. The summed E-state index contributed by atoms with van der Waals surface area (Å²) in [7, 11) is 0. The highest BCUT2D eigenvalue weighted by atomic mass is 16.7. The van der Waals surface area contributed by atoms with Crippen LogP contribution >= 0.6 is 0 Å². The molecule has 0 spiro atoms. The largest absolute Gasteiger partial charge is 0.457 e. The fourth-order valence-electron chi connectivity index (χ4n) is 3.07. The van der Waals surface area contributed by atoms with Crippen LogP contribution in [0.2, 0.25) is 0 Å². The van der Waals surface area contributed by atoms with Gasteiger partial charge in [0.25, 0.3) is 5.89 Å². The molecule has 4 aromatic rings. The van der Waals surface area contributed by atoms with Gasteiger partial charge in [-0.1, -0.05) is 35.5 Å². The van der Waals surface area contributed by atoms with Gasteiger partial charge in [0.2, 0.25) is 11.8 Å². The molecule has 0 fully saturated rings. The van der Waals surface area contributed by atoms with E-state index >= 15 is 0 Å². The molecule has 2 aromatic carbocycles. The number of hydrogen-bond donors (Lipinski definition) is 0. The van der Waals surface area contributed by atoms with E-state index in [9.17, 15) is 0 Å². The molecule has 0 radical (unpaired) electrons. The van der Waals surface area contributed by atoms with Crippen molar-refractivity contribution in [2.75, 3.05) is 0 Å². The van der Waals surface area contributed by atoms with Crippen LogP contribution in [0.15, 0.2) is 82.5 Å². The Morgan fingerprint density at radius 1 is 0.839 bits per heavy atom. The predicted molar refractivity (Wildman–Crippen MR) is 112 cm³/mol. The van der Waals surface area contributed by atoms with Crippen LogP contribution in [0.3, 0.4) is 0 Å². The van der Waals surface area contributed by atoms with Crippen LogP contribution in [-0.2, 0) is 4.84 Å². The molecule has 0 amide bonds. The first-order valence-corrected chi connectivity index (χ1v) is 9.73. The summed E-state index contributed by atoms with van der Waals surface area (Å²) in [6.07, 6.45) is 1.89.